The van der Waals surface area contributed by atoms with E-state index in [1.807, 2.05) is 0 Å². The molecule has 3 rings (SSSR count). The molecule has 26 heavy (non-hydrogen) atoms. The number of benzene rings is 1. The molecule has 1 amide bonds. The maximum Gasteiger partial charge on any atom is 0.289 e. The predicted octanol–water partition coefficient (Wildman–Crippen LogP) is 2.72. The van der Waals surface area contributed by atoms with Gasteiger partial charge in [-0.2, -0.15) is 0 Å². The molecule has 1 aliphatic heterocycles. The first-order chi connectivity index (χ1) is 12.3. The third kappa shape index (κ3) is 4.53. The van der Waals surface area contributed by atoms with E-state index in [9.17, 15) is 13.2 Å². The van der Waals surface area contributed by atoms with Crippen molar-refractivity contribution in [3.8, 4) is 0 Å². The largest absolute Gasteiger partial charge is 0.438 e. The van der Waals surface area contributed by atoms with Crippen LogP contribution in [0.4, 0.5) is 0 Å². The smallest absolute Gasteiger partial charge is 0.289 e. The Morgan fingerprint density at radius 3 is 2.38 bits per heavy atom. The molecule has 1 saturated heterocycles. The zero-order valence-corrected chi connectivity index (χ0v) is 15.7. The van der Waals surface area contributed by atoms with Gasteiger partial charge in [0, 0.05) is 13.1 Å². The van der Waals surface area contributed by atoms with Crippen LogP contribution < -0.4 is 5.14 Å². The minimum absolute atomic E-state index is 0.0205. The molecule has 6 nitrogen and oxygen atoms in total. The van der Waals surface area contributed by atoms with Crippen molar-refractivity contribution in [2.24, 2.45) is 11.1 Å². The van der Waals surface area contributed by atoms with Gasteiger partial charge in [0.15, 0.2) is 5.76 Å². The molecule has 0 unspecified atom stereocenters. The average Bonchev–Trinajstić information content (AvgIpc) is 3.12. The van der Waals surface area contributed by atoms with Crippen LogP contribution in [0.2, 0.25) is 0 Å². The third-order valence-corrected chi connectivity index (χ3v) is 5.72. The number of hydrogen-bond acceptors (Lipinski definition) is 4. The molecule has 1 aromatic heterocycles. The van der Waals surface area contributed by atoms with Crippen LogP contribution in [0, 0.1) is 12.8 Å². The number of aryl methyl sites for hydroxylation is 2. The molecule has 7 heteroatoms. The number of hydrogen-bond donors (Lipinski definition) is 1. The number of likely N-dealkylation sites (tertiary alicyclic amines) is 1. The first-order valence-electron chi connectivity index (χ1n) is 8.80. The van der Waals surface area contributed by atoms with Crippen molar-refractivity contribution in [2.75, 3.05) is 13.1 Å². The Hall–Kier alpha value is -2.12. The van der Waals surface area contributed by atoms with Crippen LogP contribution in [0.3, 0.4) is 0 Å². The fourth-order valence-corrected chi connectivity index (χ4v) is 3.76. The number of sulfonamides is 1. The van der Waals surface area contributed by atoms with Gasteiger partial charge in [-0.15, -0.1) is 0 Å². The van der Waals surface area contributed by atoms with E-state index in [1.165, 1.54) is 23.3 Å². The molecule has 0 aliphatic carbocycles. The highest BCUT2D eigenvalue weighted by atomic mass is 32.2. The number of furan rings is 1. The van der Waals surface area contributed by atoms with Crippen LogP contribution in [0.5, 0.6) is 0 Å². The van der Waals surface area contributed by atoms with Gasteiger partial charge in [-0.1, -0.05) is 29.8 Å². The normalized spacial score (nSPS) is 16.0. The Labute approximate surface area is 154 Å². The lowest BCUT2D eigenvalue weighted by Gasteiger charge is -2.31. The van der Waals surface area contributed by atoms with Crippen LogP contribution in [-0.2, 0) is 16.4 Å². The first kappa shape index (κ1) is 18.7. The van der Waals surface area contributed by atoms with Crippen LogP contribution >= 0.6 is 0 Å². The van der Waals surface area contributed by atoms with Crippen molar-refractivity contribution in [3.05, 3.63) is 53.3 Å². The zero-order chi connectivity index (χ0) is 18.7. The molecule has 2 aromatic rings. The van der Waals surface area contributed by atoms with Crippen molar-refractivity contribution in [3.63, 3.8) is 0 Å². The standard InChI is InChI=1S/C19H24N2O4S/c1-14-2-4-15(5-3-14)6-7-16-10-12-21(13-11-16)19(22)17-8-9-18(25-17)26(20,23)24/h2-5,8-9,16H,6-7,10-13H2,1H3,(H2,20,23,24). The Morgan fingerprint density at radius 1 is 1.15 bits per heavy atom. The fraction of sp³-hybridized carbons (Fsp3) is 0.421. The van der Waals surface area contributed by atoms with E-state index in [4.69, 9.17) is 9.56 Å². The summed E-state index contributed by atoms with van der Waals surface area (Å²) in [6.07, 6.45) is 4.05. The summed E-state index contributed by atoms with van der Waals surface area (Å²) >= 11 is 0. The topological polar surface area (TPSA) is 93.6 Å². The second kappa shape index (κ2) is 7.63. The second-order valence-corrected chi connectivity index (χ2v) is 8.42. The molecule has 2 heterocycles. The first-order valence-corrected chi connectivity index (χ1v) is 10.3. The van der Waals surface area contributed by atoms with E-state index < -0.39 is 10.0 Å². The molecule has 0 atom stereocenters. The molecule has 140 valence electrons. The summed E-state index contributed by atoms with van der Waals surface area (Å²) in [5.74, 6) is 0.334. The summed E-state index contributed by atoms with van der Waals surface area (Å²) in [5.41, 5.74) is 2.62. The number of nitrogens with two attached hydrogens (primary N) is 1. The van der Waals surface area contributed by atoms with Crippen molar-refractivity contribution in [2.45, 2.75) is 37.7 Å². The van der Waals surface area contributed by atoms with Crippen molar-refractivity contribution in [1.29, 1.82) is 0 Å². The average molecular weight is 376 g/mol. The maximum atomic E-state index is 12.5. The Kier molecular flexibility index (Phi) is 5.48. The predicted molar refractivity (Wildman–Crippen MR) is 98.2 cm³/mol. The van der Waals surface area contributed by atoms with E-state index in [0.29, 0.717) is 19.0 Å². The van der Waals surface area contributed by atoms with E-state index in [1.54, 1.807) is 4.90 Å². The number of piperidine rings is 1. The minimum atomic E-state index is -3.93. The maximum absolute atomic E-state index is 12.5. The van der Waals surface area contributed by atoms with Crippen LogP contribution in [0.1, 0.15) is 40.9 Å². The lowest BCUT2D eigenvalue weighted by molar-refractivity contribution is 0.0649. The van der Waals surface area contributed by atoms with Gasteiger partial charge in [0.2, 0.25) is 5.09 Å². The molecular weight excluding hydrogens is 352 g/mol. The molecule has 1 fully saturated rings. The second-order valence-electron chi connectivity index (χ2n) is 6.92. The monoisotopic (exact) mass is 376 g/mol. The number of primary sulfonamides is 1. The van der Waals surface area contributed by atoms with Gasteiger partial charge in [-0.25, -0.2) is 13.6 Å². The van der Waals surface area contributed by atoms with Crippen LogP contribution in [-0.4, -0.2) is 32.3 Å². The number of amides is 1. The molecule has 0 bridgehead atoms. The fourth-order valence-electron chi connectivity index (χ4n) is 3.29. The highest BCUT2D eigenvalue weighted by Gasteiger charge is 2.26. The summed E-state index contributed by atoms with van der Waals surface area (Å²) < 4.78 is 27.6. The Morgan fingerprint density at radius 2 is 1.81 bits per heavy atom. The molecule has 0 spiro atoms. The van der Waals surface area contributed by atoms with Crippen molar-refractivity contribution in [1.82, 2.24) is 4.90 Å². The van der Waals surface area contributed by atoms with Gasteiger partial charge in [-0.05, 0) is 56.2 Å². The van der Waals surface area contributed by atoms with Gasteiger partial charge in [-0.3, -0.25) is 4.79 Å². The van der Waals surface area contributed by atoms with Gasteiger partial charge < -0.3 is 9.32 Å². The lowest BCUT2D eigenvalue weighted by atomic mass is 9.90. The van der Waals surface area contributed by atoms with E-state index in [-0.39, 0.29) is 16.8 Å². The number of rotatable bonds is 5. The molecule has 1 aliphatic rings. The van der Waals surface area contributed by atoms with Gasteiger partial charge in [0.25, 0.3) is 15.9 Å². The summed E-state index contributed by atoms with van der Waals surface area (Å²) in [7, 11) is -3.93. The van der Waals surface area contributed by atoms with Gasteiger partial charge in [0.1, 0.15) is 0 Å². The van der Waals surface area contributed by atoms with E-state index in [2.05, 4.69) is 31.2 Å². The summed E-state index contributed by atoms with van der Waals surface area (Å²) in [4.78, 5) is 14.2. The highest BCUT2D eigenvalue weighted by Crippen LogP contribution is 2.24. The van der Waals surface area contributed by atoms with Crippen LogP contribution in [0.25, 0.3) is 0 Å². The van der Waals surface area contributed by atoms with E-state index >= 15 is 0 Å². The Bertz CT molecular complexity index is 863. The summed E-state index contributed by atoms with van der Waals surface area (Å²) in [5, 5.41) is 4.63. The van der Waals surface area contributed by atoms with Crippen LogP contribution in [0.15, 0.2) is 45.9 Å². The molecule has 1 aromatic carbocycles. The van der Waals surface area contributed by atoms with E-state index in [0.717, 1.165) is 25.7 Å². The summed E-state index contributed by atoms with van der Waals surface area (Å²) in [6.45, 7) is 3.40. The lowest BCUT2D eigenvalue weighted by Crippen LogP contribution is -2.38. The Balaban J connectivity index is 1.50. The third-order valence-electron chi connectivity index (χ3n) is 4.94. The van der Waals surface area contributed by atoms with Crippen molar-refractivity contribution >= 4 is 15.9 Å². The molecule has 2 N–H and O–H groups in total. The van der Waals surface area contributed by atoms with Crippen molar-refractivity contribution < 1.29 is 17.6 Å². The molecular formula is C19H24N2O4S. The zero-order valence-electron chi connectivity index (χ0n) is 14.8. The SMILES string of the molecule is Cc1ccc(CCC2CCN(C(=O)c3ccc(S(N)(=O)=O)o3)CC2)cc1. The highest BCUT2D eigenvalue weighted by molar-refractivity contribution is 7.89. The molecule has 0 radical (unpaired) electrons. The van der Waals surface area contributed by atoms with Gasteiger partial charge in [0.05, 0.1) is 0 Å². The summed E-state index contributed by atoms with van der Waals surface area (Å²) in [6, 6.07) is 11.2. The number of nitrogens with zero attached hydrogens (tertiary/aromatic N) is 1. The quantitative estimate of drug-likeness (QED) is 0.868. The van der Waals surface area contributed by atoms with Gasteiger partial charge >= 0.3 is 0 Å². The number of carbonyl (C=O) groups is 1. The number of carbonyl (C=O) groups excluding carboxylic acids is 1. The molecule has 0 saturated carbocycles. The minimum Gasteiger partial charge on any atom is -0.438 e.